The summed E-state index contributed by atoms with van der Waals surface area (Å²) in [5.41, 5.74) is 3.98. The van der Waals surface area contributed by atoms with E-state index in [2.05, 4.69) is 26.0 Å². The van der Waals surface area contributed by atoms with Gasteiger partial charge in [0.15, 0.2) is 0 Å². The van der Waals surface area contributed by atoms with E-state index in [0.717, 1.165) is 18.4 Å². The minimum Gasteiger partial charge on any atom is -0.207 e. The van der Waals surface area contributed by atoms with Gasteiger partial charge in [-0.1, -0.05) is 37.6 Å². The average molecular weight is 253 g/mol. The van der Waals surface area contributed by atoms with Gasteiger partial charge in [-0.05, 0) is 41.5 Å². The molecule has 0 bridgehead atoms. The average Bonchev–Trinajstić information content (AvgIpc) is 2.93. The summed E-state index contributed by atoms with van der Waals surface area (Å²) in [6.07, 6.45) is 6.26. The summed E-state index contributed by atoms with van der Waals surface area (Å²) in [6, 6.07) is 6.81. The van der Waals surface area contributed by atoms with Crippen LogP contribution >= 0.6 is 0 Å². The minimum absolute atomic E-state index is 0.136. The number of hydrogen-bond donors (Lipinski definition) is 0. The van der Waals surface area contributed by atoms with Crippen molar-refractivity contribution >= 4 is 0 Å². The fourth-order valence-electron chi connectivity index (χ4n) is 3.42. The largest absolute Gasteiger partial charge is 0.207 e. The number of rotatable bonds is 1. The number of hydrogen-bond acceptors (Lipinski definition) is 1. The summed E-state index contributed by atoms with van der Waals surface area (Å²) in [4.78, 5) is 0. The second kappa shape index (κ2) is 4.06. The molecule has 0 N–H and O–H groups in total. The molecule has 0 spiro atoms. The zero-order valence-electron chi connectivity index (χ0n) is 11.2. The van der Waals surface area contributed by atoms with Gasteiger partial charge in [-0.15, -0.1) is 0 Å². The Morgan fingerprint density at radius 2 is 2.16 bits per heavy atom. The van der Waals surface area contributed by atoms with Gasteiger partial charge < -0.3 is 0 Å². The number of halogens is 1. The molecule has 1 nitrogen and oxygen atoms in total. The van der Waals surface area contributed by atoms with Crippen molar-refractivity contribution in [3.63, 3.8) is 0 Å². The van der Waals surface area contributed by atoms with E-state index in [0.29, 0.717) is 5.56 Å². The minimum atomic E-state index is -0.256. The molecule has 3 rings (SSSR count). The van der Waals surface area contributed by atoms with Crippen LogP contribution in [0, 0.1) is 22.6 Å². The molecule has 0 heterocycles. The van der Waals surface area contributed by atoms with E-state index in [4.69, 9.17) is 5.26 Å². The van der Waals surface area contributed by atoms with E-state index >= 15 is 0 Å². The quantitative estimate of drug-likeness (QED) is 0.724. The highest BCUT2D eigenvalue weighted by Gasteiger charge is 2.40. The third-order valence-electron chi connectivity index (χ3n) is 4.38. The monoisotopic (exact) mass is 253 g/mol. The van der Waals surface area contributed by atoms with E-state index in [1.165, 1.54) is 17.2 Å². The second-order valence-electron chi connectivity index (χ2n) is 6.03. The second-order valence-corrected chi connectivity index (χ2v) is 6.03. The SMILES string of the molecule is CC1(C)CC(c2ccc(C#N)cc2F)C2=C1CC=C2. The Bertz CT molecular complexity index is 644. The lowest BCUT2D eigenvalue weighted by Crippen LogP contribution is -2.11. The van der Waals surface area contributed by atoms with E-state index in [-0.39, 0.29) is 17.2 Å². The molecular weight excluding hydrogens is 237 g/mol. The summed E-state index contributed by atoms with van der Waals surface area (Å²) in [5.74, 6) is -0.120. The Morgan fingerprint density at radius 1 is 1.37 bits per heavy atom. The third kappa shape index (κ3) is 1.81. The molecule has 1 aromatic rings. The van der Waals surface area contributed by atoms with Gasteiger partial charge in [-0.25, -0.2) is 4.39 Å². The predicted octanol–water partition coefficient (Wildman–Crippen LogP) is 4.47. The Kier molecular flexibility index (Phi) is 2.60. The van der Waals surface area contributed by atoms with Crippen LogP contribution < -0.4 is 0 Å². The first-order valence-electron chi connectivity index (χ1n) is 6.62. The summed E-state index contributed by atoms with van der Waals surface area (Å²) >= 11 is 0. The Hall–Kier alpha value is -1.88. The molecule has 0 saturated carbocycles. The van der Waals surface area contributed by atoms with Gasteiger partial charge in [0.2, 0.25) is 0 Å². The van der Waals surface area contributed by atoms with E-state index in [1.54, 1.807) is 12.1 Å². The lowest BCUT2D eigenvalue weighted by molar-refractivity contribution is 0.413. The van der Waals surface area contributed by atoms with Gasteiger partial charge >= 0.3 is 0 Å². The summed E-state index contributed by atoms with van der Waals surface area (Å²) < 4.78 is 14.2. The molecule has 1 atom stereocenters. The van der Waals surface area contributed by atoms with Crippen LogP contribution in [-0.2, 0) is 0 Å². The zero-order chi connectivity index (χ0) is 13.6. The zero-order valence-corrected chi connectivity index (χ0v) is 11.2. The molecule has 19 heavy (non-hydrogen) atoms. The number of nitriles is 1. The number of nitrogens with zero attached hydrogens (tertiary/aromatic N) is 1. The molecule has 1 unspecified atom stereocenters. The fourth-order valence-corrected chi connectivity index (χ4v) is 3.42. The highest BCUT2D eigenvalue weighted by Crippen LogP contribution is 2.54. The van der Waals surface area contributed by atoms with E-state index < -0.39 is 0 Å². The lowest BCUT2D eigenvalue weighted by Gasteiger charge is -2.23. The molecule has 2 aliphatic rings. The molecular formula is C17H16FN. The van der Waals surface area contributed by atoms with Gasteiger partial charge in [0, 0.05) is 5.92 Å². The van der Waals surface area contributed by atoms with Crippen molar-refractivity contribution in [1.29, 1.82) is 5.26 Å². The number of allylic oxidation sites excluding steroid dienone is 4. The van der Waals surface area contributed by atoms with Crippen molar-refractivity contribution in [2.75, 3.05) is 0 Å². The van der Waals surface area contributed by atoms with Crippen molar-refractivity contribution in [1.82, 2.24) is 0 Å². The Balaban J connectivity index is 2.05. The molecule has 0 amide bonds. The Morgan fingerprint density at radius 3 is 2.84 bits per heavy atom. The van der Waals surface area contributed by atoms with Crippen LogP contribution in [0.3, 0.4) is 0 Å². The van der Waals surface area contributed by atoms with Gasteiger partial charge in [-0.2, -0.15) is 5.26 Å². The van der Waals surface area contributed by atoms with Crippen LogP contribution in [0.4, 0.5) is 4.39 Å². The molecule has 96 valence electrons. The van der Waals surface area contributed by atoms with Crippen molar-refractivity contribution in [2.24, 2.45) is 5.41 Å². The van der Waals surface area contributed by atoms with Gasteiger partial charge in [-0.3, -0.25) is 0 Å². The molecule has 0 aliphatic heterocycles. The molecule has 0 radical (unpaired) electrons. The van der Waals surface area contributed by atoms with Gasteiger partial charge in [0.1, 0.15) is 5.82 Å². The fraction of sp³-hybridized carbons (Fsp3) is 0.353. The van der Waals surface area contributed by atoms with Crippen LogP contribution in [0.15, 0.2) is 41.5 Å². The number of benzene rings is 1. The standard InChI is InChI=1S/C17H16FN/c1-17(2)9-14(12-4-3-5-15(12)17)13-7-6-11(10-19)8-16(13)18/h3-4,6-8,14H,5,9H2,1-2H3. The molecule has 0 aromatic heterocycles. The summed E-state index contributed by atoms with van der Waals surface area (Å²) in [5, 5.41) is 8.81. The maximum atomic E-state index is 14.2. The molecule has 1 aromatic carbocycles. The van der Waals surface area contributed by atoms with Crippen molar-refractivity contribution < 1.29 is 4.39 Å². The van der Waals surface area contributed by atoms with Gasteiger partial charge in [0.25, 0.3) is 0 Å². The summed E-state index contributed by atoms with van der Waals surface area (Å²) in [6.45, 7) is 4.47. The van der Waals surface area contributed by atoms with Crippen LogP contribution in [0.5, 0.6) is 0 Å². The Labute approximate surface area is 113 Å². The van der Waals surface area contributed by atoms with Crippen molar-refractivity contribution in [3.05, 3.63) is 58.4 Å². The van der Waals surface area contributed by atoms with Crippen molar-refractivity contribution in [2.45, 2.75) is 32.6 Å². The first-order valence-corrected chi connectivity index (χ1v) is 6.62. The summed E-state index contributed by atoms with van der Waals surface area (Å²) in [7, 11) is 0. The van der Waals surface area contributed by atoms with E-state index in [1.807, 2.05) is 6.07 Å². The van der Waals surface area contributed by atoms with Crippen molar-refractivity contribution in [3.8, 4) is 6.07 Å². The molecule has 2 aliphatic carbocycles. The maximum absolute atomic E-state index is 14.2. The first kappa shape index (κ1) is 12.2. The molecule has 2 heteroatoms. The highest BCUT2D eigenvalue weighted by molar-refractivity contribution is 5.50. The van der Waals surface area contributed by atoms with E-state index in [9.17, 15) is 4.39 Å². The third-order valence-corrected chi connectivity index (χ3v) is 4.38. The lowest BCUT2D eigenvalue weighted by atomic mass is 9.81. The van der Waals surface area contributed by atoms with Gasteiger partial charge in [0.05, 0.1) is 11.6 Å². The molecule has 0 fully saturated rings. The predicted molar refractivity (Wildman–Crippen MR) is 73.0 cm³/mol. The molecule has 0 saturated heterocycles. The van der Waals surface area contributed by atoms with Crippen LogP contribution in [0.1, 0.15) is 43.7 Å². The van der Waals surface area contributed by atoms with Crippen LogP contribution in [0.2, 0.25) is 0 Å². The van der Waals surface area contributed by atoms with Crippen LogP contribution in [-0.4, -0.2) is 0 Å². The highest BCUT2D eigenvalue weighted by atomic mass is 19.1. The smallest absolute Gasteiger partial charge is 0.128 e. The van der Waals surface area contributed by atoms with Crippen LogP contribution in [0.25, 0.3) is 0 Å². The first-order chi connectivity index (χ1) is 9.03. The maximum Gasteiger partial charge on any atom is 0.128 e. The topological polar surface area (TPSA) is 23.8 Å². The normalized spacial score (nSPS) is 23.6.